The Morgan fingerprint density at radius 1 is 1.17 bits per heavy atom. The van der Waals surface area contributed by atoms with E-state index in [0.29, 0.717) is 11.1 Å². The smallest absolute Gasteiger partial charge is 0.124 e. The summed E-state index contributed by atoms with van der Waals surface area (Å²) in [7, 11) is -4.33. The highest BCUT2D eigenvalue weighted by molar-refractivity contribution is 7.85. The van der Waals surface area contributed by atoms with Gasteiger partial charge in [0.1, 0.15) is 10.1 Å². The fourth-order valence-corrected chi connectivity index (χ4v) is 2.99. The second-order valence-electron chi connectivity index (χ2n) is 3.86. The topological polar surface area (TPSA) is 70.1 Å². The molecule has 6 heteroatoms. The van der Waals surface area contributed by atoms with Crippen molar-refractivity contribution in [2.45, 2.75) is 25.7 Å². The minimum Gasteiger partial charge on any atom is -0.744 e. The summed E-state index contributed by atoms with van der Waals surface area (Å²) in [6, 6.07) is 3.38. The van der Waals surface area contributed by atoms with Gasteiger partial charge in [-0.3, -0.25) is 4.98 Å². The van der Waals surface area contributed by atoms with Gasteiger partial charge in [0.15, 0.2) is 0 Å². The lowest BCUT2D eigenvalue weighted by Gasteiger charge is -2.14. The van der Waals surface area contributed by atoms with Crippen LogP contribution in [-0.2, 0) is 10.1 Å². The van der Waals surface area contributed by atoms with E-state index in [9.17, 15) is 13.0 Å². The molecule has 0 bridgehead atoms. The van der Waals surface area contributed by atoms with Crippen LogP contribution >= 0.6 is 11.3 Å². The Hall–Kier alpha value is -1.24. The predicted octanol–water partition coefficient (Wildman–Crippen LogP) is 2.66. The minimum absolute atomic E-state index is 0.0851. The van der Waals surface area contributed by atoms with Crippen LogP contribution in [0.2, 0.25) is 0 Å². The molecule has 0 amide bonds. The molecule has 0 aliphatic heterocycles. The van der Waals surface area contributed by atoms with Gasteiger partial charge in [-0.05, 0) is 31.9 Å². The Bertz CT molecular complexity index is 564. The van der Waals surface area contributed by atoms with Gasteiger partial charge in [0, 0.05) is 11.6 Å². The van der Waals surface area contributed by atoms with Crippen LogP contribution in [-0.4, -0.2) is 18.0 Å². The van der Waals surface area contributed by atoms with Crippen LogP contribution in [0.1, 0.15) is 16.7 Å². The lowest BCUT2D eigenvalue weighted by Crippen LogP contribution is -2.04. The van der Waals surface area contributed by atoms with E-state index in [1.54, 1.807) is 49.0 Å². The highest BCUT2D eigenvalue weighted by atomic mass is 32.2. The molecular formula is C12H14NO3S2-. The normalized spacial score (nSPS) is 10.7. The summed E-state index contributed by atoms with van der Waals surface area (Å²) < 4.78 is 32.5. The van der Waals surface area contributed by atoms with E-state index in [1.807, 2.05) is 12.3 Å². The Balaban J connectivity index is 0.000000269. The Morgan fingerprint density at radius 2 is 1.72 bits per heavy atom. The molecule has 0 unspecified atom stereocenters. The number of rotatable bonds is 1. The third-order valence-electron chi connectivity index (χ3n) is 2.20. The number of benzene rings is 1. The molecule has 0 saturated carbocycles. The monoisotopic (exact) mass is 284 g/mol. The first-order chi connectivity index (χ1) is 8.32. The molecule has 0 radical (unpaired) electrons. The van der Waals surface area contributed by atoms with Gasteiger partial charge in [0.25, 0.3) is 0 Å². The maximum atomic E-state index is 10.8. The van der Waals surface area contributed by atoms with Gasteiger partial charge in [-0.25, -0.2) is 8.42 Å². The number of aryl methyl sites for hydroxylation is 3. The summed E-state index contributed by atoms with van der Waals surface area (Å²) in [5.41, 5.74) is 3.79. The maximum absolute atomic E-state index is 10.8. The van der Waals surface area contributed by atoms with Crippen molar-refractivity contribution in [3.63, 3.8) is 0 Å². The molecule has 98 valence electrons. The standard InChI is InChI=1S/C9H12O3S.C3H3NS/c1-6-4-7(2)9(8(3)5-6)13(10,11)12;1-2-5-3-4-1/h4-5H,1-3H3,(H,10,11,12);1-3H/p-1. The molecule has 2 rings (SSSR count). The van der Waals surface area contributed by atoms with Crippen LogP contribution in [0.4, 0.5) is 0 Å². The van der Waals surface area contributed by atoms with Crippen LogP contribution in [0.3, 0.4) is 0 Å². The fourth-order valence-electron chi connectivity index (χ4n) is 1.74. The lowest BCUT2D eigenvalue weighted by atomic mass is 10.1. The Kier molecular flexibility index (Phi) is 5.01. The molecule has 0 aliphatic rings. The van der Waals surface area contributed by atoms with E-state index in [1.165, 1.54) is 0 Å². The zero-order valence-electron chi connectivity index (χ0n) is 10.4. The summed E-state index contributed by atoms with van der Waals surface area (Å²) in [5, 5.41) is 1.93. The lowest BCUT2D eigenvalue weighted by molar-refractivity contribution is 0.462. The van der Waals surface area contributed by atoms with Crippen LogP contribution in [0.25, 0.3) is 0 Å². The molecule has 1 aromatic carbocycles. The summed E-state index contributed by atoms with van der Waals surface area (Å²) in [6.07, 6.45) is 1.77. The van der Waals surface area contributed by atoms with E-state index in [-0.39, 0.29) is 4.90 Å². The number of aromatic nitrogens is 1. The zero-order valence-corrected chi connectivity index (χ0v) is 12.0. The second-order valence-corrected chi connectivity index (χ2v) is 5.93. The minimum atomic E-state index is -4.33. The molecular weight excluding hydrogens is 270 g/mol. The largest absolute Gasteiger partial charge is 0.744 e. The van der Waals surface area contributed by atoms with Crippen LogP contribution < -0.4 is 0 Å². The van der Waals surface area contributed by atoms with Crippen LogP contribution in [0.15, 0.2) is 34.1 Å². The van der Waals surface area contributed by atoms with Gasteiger partial charge in [0.05, 0.1) is 10.4 Å². The van der Waals surface area contributed by atoms with Gasteiger partial charge in [-0.1, -0.05) is 17.7 Å². The van der Waals surface area contributed by atoms with Crippen LogP contribution in [0.5, 0.6) is 0 Å². The fraction of sp³-hybridized carbons (Fsp3) is 0.250. The van der Waals surface area contributed by atoms with Crippen molar-refractivity contribution in [1.29, 1.82) is 0 Å². The molecule has 0 aliphatic carbocycles. The summed E-state index contributed by atoms with van der Waals surface area (Å²) in [4.78, 5) is 3.66. The molecule has 0 fully saturated rings. The van der Waals surface area contributed by atoms with Gasteiger partial charge in [0.2, 0.25) is 0 Å². The van der Waals surface area contributed by atoms with E-state index >= 15 is 0 Å². The third-order valence-corrected chi connectivity index (χ3v) is 3.87. The summed E-state index contributed by atoms with van der Waals surface area (Å²) in [6.45, 7) is 5.12. The molecule has 1 aromatic heterocycles. The molecule has 4 nitrogen and oxygen atoms in total. The number of hydrogen-bond acceptors (Lipinski definition) is 5. The Morgan fingerprint density at radius 3 is 2.00 bits per heavy atom. The molecule has 0 atom stereocenters. The van der Waals surface area contributed by atoms with E-state index < -0.39 is 10.1 Å². The third kappa shape index (κ3) is 4.21. The summed E-state index contributed by atoms with van der Waals surface area (Å²) >= 11 is 1.60. The van der Waals surface area contributed by atoms with Crippen molar-refractivity contribution in [2.75, 3.05) is 0 Å². The van der Waals surface area contributed by atoms with E-state index in [0.717, 1.165) is 5.56 Å². The first-order valence-corrected chi connectivity index (χ1v) is 7.53. The van der Waals surface area contributed by atoms with Gasteiger partial charge >= 0.3 is 0 Å². The molecule has 1 heterocycles. The van der Waals surface area contributed by atoms with Crippen molar-refractivity contribution in [2.24, 2.45) is 0 Å². The number of hydrogen-bond donors (Lipinski definition) is 0. The van der Waals surface area contributed by atoms with E-state index in [2.05, 4.69) is 4.98 Å². The van der Waals surface area contributed by atoms with Crippen molar-refractivity contribution >= 4 is 21.5 Å². The second kappa shape index (κ2) is 6.08. The Labute approximate surface area is 111 Å². The molecule has 0 saturated heterocycles. The quantitative estimate of drug-likeness (QED) is 0.755. The average Bonchev–Trinajstić information content (AvgIpc) is 2.69. The first-order valence-electron chi connectivity index (χ1n) is 5.18. The van der Waals surface area contributed by atoms with Gasteiger partial charge in [-0.2, -0.15) is 0 Å². The van der Waals surface area contributed by atoms with E-state index in [4.69, 9.17) is 0 Å². The highest BCUT2D eigenvalue weighted by Gasteiger charge is 2.09. The van der Waals surface area contributed by atoms with Crippen molar-refractivity contribution in [3.8, 4) is 0 Å². The first kappa shape index (κ1) is 14.8. The number of nitrogens with zero attached hydrogens (tertiary/aromatic N) is 1. The SMILES string of the molecule is Cc1cc(C)c(S(=O)(=O)[O-])c(C)c1.c1cscn1. The predicted molar refractivity (Wildman–Crippen MR) is 70.7 cm³/mol. The van der Waals surface area contributed by atoms with Gasteiger partial charge in [-0.15, -0.1) is 11.3 Å². The maximum Gasteiger partial charge on any atom is 0.124 e. The van der Waals surface area contributed by atoms with Gasteiger partial charge < -0.3 is 4.55 Å². The van der Waals surface area contributed by atoms with Crippen molar-refractivity contribution in [1.82, 2.24) is 4.98 Å². The van der Waals surface area contributed by atoms with Crippen LogP contribution in [0, 0.1) is 20.8 Å². The molecule has 0 N–H and O–H groups in total. The average molecular weight is 284 g/mol. The molecule has 2 aromatic rings. The van der Waals surface area contributed by atoms with Crippen molar-refractivity contribution < 1.29 is 13.0 Å². The molecule has 0 spiro atoms. The zero-order chi connectivity index (χ0) is 13.8. The number of thiazole rings is 1. The molecule has 18 heavy (non-hydrogen) atoms. The summed E-state index contributed by atoms with van der Waals surface area (Å²) in [5.74, 6) is 0. The highest BCUT2D eigenvalue weighted by Crippen LogP contribution is 2.20. The van der Waals surface area contributed by atoms with Crippen molar-refractivity contribution in [3.05, 3.63) is 45.9 Å².